The lowest BCUT2D eigenvalue weighted by Gasteiger charge is -2.51. The van der Waals surface area contributed by atoms with Crippen LogP contribution >= 0.6 is 0 Å². The number of methoxy groups -OCH3 is 1. The Hall–Kier alpha value is -1.42. The topological polar surface area (TPSA) is 42.4 Å². The molecule has 0 spiro atoms. The number of aldehydes is 1. The zero-order valence-electron chi connectivity index (χ0n) is 12.0. The fraction of sp³-hybridized carbons (Fsp3) is 0.600. The molecular formula is C15H22N2O2. The van der Waals surface area contributed by atoms with Gasteiger partial charge in [0, 0.05) is 38.4 Å². The molecule has 1 aromatic rings. The third-order valence-corrected chi connectivity index (χ3v) is 4.10. The maximum atomic E-state index is 11.1. The molecular weight excluding hydrogens is 240 g/mol. The van der Waals surface area contributed by atoms with E-state index in [1.54, 1.807) is 7.11 Å². The second-order valence-corrected chi connectivity index (χ2v) is 5.50. The van der Waals surface area contributed by atoms with Crippen molar-refractivity contribution in [2.45, 2.75) is 26.7 Å². The molecule has 1 aromatic heterocycles. The number of pyridine rings is 1. The highest BCUT2D eigenvalue weighted by molar-refractivity contribution is 5.83. The van der Waals surface area contributed by atoms with Crippen molar-refractivity contribution in [1.29, 1.82) is 0 Å². The minimum Gasteiger partial charge on any atom is -0.385 e. The summed E-state index contributed by atoms with van der Waals surface area (Å²) in [6.45, 7) is 6.89. The van der Waals surface area contributed by atoms with Crippen LogP contribution in [0.25, 0.3) is 0 Å². The van der Waals surface area contributed by atoms with Gasteiger partial charge in [-0.3, -0.25) is 4.79 Å². The van der Waals surface area contributed by atoms with Crippen LogP contribution in [-0.2, 0) is 4.74 Å². The Morgan fingerprint density at radius 3 is 2.84 bits per heavy atom. The summed E-state index contributed by atoms with van der Waals surface area (Å²) in [5, 5.41) is 0. The van der Waals surface area contributed by atoms with Crippen molar-refractivity contribution in [1.82, 2.24) is 4.98 Å². The molecule has 0 atom stereocenters. The molecule has 0 saturated carbocycles. The van der Waals surface area contributed by atoms with Crippen molar-refractivity contribution in [2.75, 3.05) is 31.7 Å². The van der Waals surface area contributed by atoms with Crippen LogP contribution in [0.1, 0.15) is 35.7 Å². The van der Waals surface area contributed by atoms with Gasteiger partial charge in [0.25, 0.3) is 0 Å². The summed E-state index contributed by atoms with van der Waals surface area (Å²) >= 11 is 0. The minimum absolute atomic E-state index is 0.322. The molecule has 0 bridgehead atoms. The molecule has 1 aliphatic rings. The summed E-state index contributed by atoms with van der Waals surface area (Å²) in [6.07, 6.45) is 4.92. The zero-order chi connectivity index (χ0) is 13.9. The second kappa shape index (κ2) is 5.70. The van der Waals surface area contributed by atoms with Crippen molar-refractivity contribution in [3.8, 4) is 0 Å². The molecule has 104 valence electrons. The number of hydrogen-bond donors (Lipinski definition) is 0. The van der Waals surface area contributed by atoms with E-state index in [0.29, 0.717) is 11.0 Å². The number of ether oxygens (including phenoxy) is 1. The van der Waals surface area contributed by atoms with E-state index in [9.17, 15) is 4.79 Å². The summed E-state index contributed by atoms with van der Waals surface area (Å²) in [6, 6.07) is 1.90. The number of nitrogens with zero attached hydrogens (tertiary/aromatic N) is 2. The van der Waals surface area contributed by atoms with Gasteiger partial charge in [-0.2, -0.15) is 0 Å². The maximum absolute atomic E-state index is 11.1. The SMILES string of the molecule is CCC1(CCOC)CN(c2ncc(C)cc2C=O)C1. The Kier molecular flexibility index (Phi) is 4.20. The standard InChI is InChI=1S/C15H22N2O2/c1-4-15(5-6-19-3)10-17(11-15)14-13(9-18)7-12(2)8-16-14/h7-9H,4-6,10-11H2,1-3H3. The highest BCUT2D eigenvalue weighted by Crippen LogP contribution is 2.40. The molecule has 2 rings (SSSR count). The van der Waals surface area contributed by atoms with Crippen LogP contribution in [0.5, 0.6) is 0 Å². The lowest BCUT2D eigenvalue weighted by atomic mass is 9.74. The number of rotatable bonds is 6. The Bertz CT molecular complexity index is 453. The maximum Gasteiger partial charge on any atom is 0.153 e. The third-order valence-electron chi connectivity index (χ3n) is 4.10. The molecule has 0 amide bonds. The number of carbonyl (C=O) groups is 1. The predicted octanol–water partition coefficient (Wildman–Crippen LogP) is 2.46. The predicted molar refractivity (Wildman–Crippen MR) is 75.8 cm³/mol. The number of hydrogen-bond acceptors (Lipinski definition) is 4. The van der Waals surface area contributed by atoms with Gasteiger partial charge in [-0.1, -0.05) is 6.92 Å². The van der Waals surface area contributed by atoms with Crippen molar-refractivity contribution >= 4 is 12.1 Å². The minimum atomic E-state index is 0.322. The third kappa shape index (κ3) is 2.78. The molecule has 2 heterocycles. The molecule has 4 nitrogen and oxygen atoms in total. The van der Waals surface area contributed by atoms with E-state index in [1.807, 2.05) is 19.2 Å². The summed E-state index contributed by atoms with van der Waals surface area (Å²) < 4.78 is 5.19. The van der Waals surface area contributed by atoms with Crippen LogP contribution in [-0.4, -0.2) is 38.1 Å². The largest absolute Gasteiger partial charge is 0.385 e. The van der Waals surface area contributed by atoms with Gasteiger partial charge in [0.1, 0.15) is 5.82 Å². The molecule has 19 heavy (non-hydrogen) atoms. The van der Waals surface area contributed by atoms with Crippen LogP contribution in [0.3, 0.4) is 0 Å². The van der Waals surface area contributed by atoms with Crippen molar-refractivity contribution in [3.63, 3.8) is 0 Å². The van der Waals surface area contributed by atoms with Gasteiger partial charge in [0.2, 0.25) is 0 Å². The van der Waals surface area contributed by atoms with E-state index in [2.05, 4.69) is 16.8 Å². The molecule has 0 aromatic carbocycles. The Balaban J connectivity index is 2.08. The molecule has 1 fully saturated rings. The van der Waals surface area contributed by atoms with E-state index in [1.165, 1.54) is 0 Å². The van der Waals surface area contributed by atoms with Crippen LogP contribution in [0.4, 0.5) is 5.82 Å². The van der Waals surface area contributed by atoms with Gasteiger partial charge in [-0.15, -0.1) is 0 Å². The van der Waals surface area contributed by atoms with Gasteiger partial charge in [0.15, 0.2) is 6.29 Å². The van der Waals surface area contributed by atoms with Gasteiger partial charge in [0.05, 0.1) is 5.56 Å². The molecule has 0 aliphatic carbocycles. The fourth-order valence-corrected chi connectivity index (χ4v) is 2.73. The van der Waals surface area contributed by atoms with Gasteiger partial charge in [-0.25, -0.2) is 4.98 Å². The number of aromatic nitrogens is 1. The Morgan fingerprint density at radius 1 is 1.53 bits per heavy atom. The van der Waals surface area contributed by atoms with Crippen LogP contribution in [0.15, 0.2) is 12.3 Å². The average Bonchev–Trinajstić information content (AvgIpc) is 2.39. The van der Waals surface area contributed by atoms with Crippen LogP contribution < -0.4 is 4.90 Å². The zero-order valence-corrected chi connectivity index (χ0v) is 12.0. The quantitative estimate of drug-likeness (QED) is 0.739. The number of carbonyl (C=O) groups excluding carboxylic acids is 1. The first-order valence-electron chi connectivity index (χ1n) is 6.80. The van der Waals surface area contributed by atoms with Crippen molar-refractivity contribution < 1.29 is 9.53 Å². The fourth-order valence-electron chi connectivity index (χ4n) is 2.73. The van der Waals surface area contributed by atoms with Crippen LogP contribution in [0, 0.1) is 12.3 Å². The van der Waals surface area contributed by atoms with Gasteiger partial charge in [-0.05, 0) is 31.4 Å². The van der Waals surface area contributed by atoms with E-state index < -0.39 is 0 Å². The van der Waals surface area contributed by atoms with Crippen molar-refractivity contribution in [2.24, 2.45) is 5.41 Å². The highest BCUT2D eigenvalue weighted by atomic mass is 16.5. The normalized spacial score (nSPS) is 17.1. The van der Waals surface area contributed by atoms with E-state index >= 15 is 0 Å². The van der Waals surface area contributed by atoms with E-state index in [0.717, 1.165) is 50.2 Å². The van der Waals surface area contributed by atoms with Crippen LogP contribution in [0.2, 0.25) is 0 Å². The first-order chi connectivity index (χ1) is 9.14. The molecule has 0 unspecified atom stereocenters. The lowest BCUT2D eigenvalue weighted by molar-refractivity contribution is 0.106. The molecule has 0 N–H and O–H groups in total. The molecule has 0 radical (unpaired) electrons. The average molecular weight is 262 g/mol. The molecule has 4 heteroatoms. The van der Waals surface area contributed by atoms with Crippen molar-refractivity contribution in [3.05, 3.63) is 23.4 Å². The number of anilines is 1. The number of aryl methyl sites for hydroxylation is 1. The lowest BCUT2D eigenvalue weighted by Crippen LogP contribution is -2.57. The summed E-state index contributed by atoms with van der Waals surface area (Å²) in [4.78, 5) is 17.8. The monoisotopic (exact) mass is 262 g/mol. The van der Waals surface area contributed by atoms with E-state index in [4.69, 9.17) is 4.74 Å². The molecule has 1 saturated heterocycles. The highest BCUT2D eigenvalue weighted by Gasteiger charge is 2.42. The van der Waals surface area contributed by atoms with E-state index in [-0.39, 0.29) is 0 Å². The van der Waals surface area contributed by atoms with Gasteiger partial charge >= 0.3 is 0 Å². The Labute approximate surface area is 114 Å². The Morgan fingerprint density at radius 2 is 2.26 bits per heavy atom. The second-order valence-electron chi connectivity index (χ2n) is 5.50. The summed E-state index contributed by atoms with van der Waals surface area (Å²) in [7, 11) is 1.74. The van der Waals surface area contributed by atoms with Gasteiger partial charge < -0.3 is 9.64 Å². The summed E-state index contributed by atoms with van der Waals surface area (Å²) in [5.74, 6) is 0.821. The smallest absolute Gasteiger partial charge is 0.153 e. The first kappa shape index (κ1) is 14.0. The molecule has 1 aliphatic heterocycles. The summed E-state index contributed by atoms with van der Waals surface area (Å²) in [5.41, 5.74) is 2.03. The first-order valence-corrected chi connectivity index (χ1v) is 6.80.